The van der Waals surface area contributed by atoms with Crippen molar-refractivity contribution in [2.75, 3.05) is 5.73 Å². The predicted octanol–water partition coefficient (Wildman–Crippen LogP) is 3.96. The van der Waals surface area contributed by atoms with Crippen LogP contribution in [-0.4, -0.2) is 0 Å². The topological polar surface area (TPSA) is 35.2 Å². The molecule has 0 aliphatic carbocycles. The zero-order valence-electron chi connectivity index (χ0n) is 8.28. The molecular weight excluding hydrogens is 273 g/mol. The zero-order valence-corrected chi connectivity index (χ0v) is 9.87. The van der Waals surface area contributed by atoms with Crippen LogP contribution in [0.1, 0.15) is 0 Å². The third kappa shape index (κ3) is 2.17. The van der Waals surface area contributed by atoms with Crippen LogP contribution in [0.3, 0.4) is 0 Å². The van der Waals surface area contributed by atoms with Crippen LogP contribution in [0.4, 0.5) is 10.1 Å². The Morgan fingerprint density at radius 3 is 2.44 bits per heavy atom. The number of nitrogens with two attached hydrogens (primary N) is 1. The smallest absolute Gasteiger partial charge is 0.151 e. The van der Waals surface area contributed by atoms with Gasteiger partial charge in [0.05, 0.1) is 10.2 Å². The van der Waals surface area contributed by atoms with E-state index in [0.29, 0.717) is 11.5 Å². The number of rotatable bonds is 2. The summed E-state index contributed by atoms with van der Waals surface area (Å²) in [6, 6.07) is 12.0. The number of nitrogen functional groups attached to an aromatic ring is 1. The monoisotopic (exact) mass is 281 g/mol. The molecule has 4 heteroatoms. The molecule has 82 valence electrons. The molecule has 16 heavy (non-hydrogen) atoms. The highest BCUT2D eigenvalue weighted by molar-refractivity contribution is 9.10. The minimum atomic E-state index is -0.405. The third-order valence-electron chi connectivity index (χ3n) is 2.06. The predicted molar refractivity (Wildman–Crippen MR) is 65.0 cm³/mol. The van der Waals surface area contributed by atoms with Crippen molar-refractivity contribution in [1.29, 1.82) is 0 Å². The van der Waals surface area contributed by atoms with Gasteiger partial charge in [0.25, 0.3) is 0 Å². The summed E-state index contributed by atoms with van der Waals surface area (Å²) in [7, 11) is 0. The molecule has 0 heterocycles. The summed E-state index contributed by atoms with van der Waals surface area (Å²) in [6.07, 6.45) is 0. The number of benzene rings is 2. The van der Waals surface area contributed by atoms with Crippen LogP contribution in [0.15, 0.2) is 46.9 Å². The van der Waals surface area contributed by atoms with E-state index in [1.165, 1.54) is 12.1 Å². The minimum absolute atomic E-state index is 0.223. The summed E-state index contributed by atoms with van der Waals surface area (Å²) in [5.74, 6) is 0.685. The second-order valence-corrected chi connectivity index (χ2v) is 3.98. The molecule has 0 atom stereocenters. The lowest BCUT2D eigenvalue weighted by atomic mass is 10.3. The van der Waals surface area contributed by atoms with Crippen molar-refractivity contribution >= 4 is 21.6 Å². The molecule has 2 nitrogen and oxygen atoms in total. The van der Waals surface area contributed by atoms with Crippen LogP contribution in [-0.2, 0) is 0 Å². The van der Waals surface area contributed by atoms with Gasteiger partial charge < -0.3 is 10.5 Å². The number of halogens is 2. The molecule has 0 aliphatic heterocycles. The first kappa shape index (κ1) is 11.0. The molecule has 0 aromatic heterocycles. The van der Waals surface area contributed by atoms with Gasteiger partial charge in [0.15, 0.2) is 5.75 Å². The van der Waals surface area contributed by atoms with Gasteiger partial charge in [-0.15, -0.1) is 0 Å². The molecule has 2 aromatic rings. The Bertz CT molecular complexity index is 502. The fraction of sp³-hybridized carbons (Fsp3) is 0. The Hall–Kier alpha value is -1.55. The van der Waals surface area contributed by atoms with Crippen LogP contribution < -0.4 is 10.5 Å². The Morgan fingerprint density at radius 1 is 1.06 bits per heavy atom. The summed E-state index contributed by atoms with van der Waals surface area (Å²) < 4.78 is 18.9. The minimum Gasteiger partial charge on any atom is -0.455 e. The van der Waals surface area contributed by atoms with Crippen molar-refractivity contribution < 1.29 is 9.13 Å². The number of hydrogen-bond donors (Lipinski definition) is 1. The second kappa shape index (κ2) is 4.53. The third-order valence-corrected chi connectivity index (χ3v) is 2.87. The number of hydrogen-bond acceptors (Lipinski definition) is 2. The van der Waals surface area contributed by atoms with Gasteiger partial charge in [-0.05, 0) is 40.2 Å². The van der Waals surface area contributed by atoms with Gasteiger partial charge in [-0.2, -0.15) is 0 Å². The molecule has 0 radical (unpaired) electrons. The summed E-state index contributed by atoms with van der Waals surface area (Å²) in [5.41, 5.74) is 5.97. The fourth-order valence-electron chi connectivity index (χ4n) is 1.25. The second-order valence-electron chi connectivity index (χ2n) is 3.19. The van der Waals surface area contributed by atoms with Gasteiger partial charge in [0, 0.05) is 0 Å². The van der Waals surface area contributed by atoms with Crippen molar-refractivity contribution in [2.45, 2.75) is 0 Å². The standard InChI is InChI=1S/C12H9BrFNO/c13-11-9(14)6-7-10(12(11)15)16-8-4-2-1-3-5-8/h1-7H,15H2. The van der Waals surface area contributed by atoms with Gasteiger partial charge in [-0.1, -0.05) is 18.2 Å². The molecule has 0 saturated heterocycles. The van der Waals surface area contributed by atoms with Crippen LogP contribution in [0.25, 0.3) is 0 Å². The molecule has 0 amide bonds. The lowest BCUT2D eigenvalue weighted by Crippen LogP contribution is -1.95. The molecule has 0 spiro atoms. The number of ether oxygens (including phenoxy) is 1. The van der Waals surface area contributed by atoms with Crippen LogP contribution in [0.2, 0.25) is 0 Å². The van der Waals surface area contributed by atoms with Crippen molar-refractivity contribution in [1.82, 2.24) is 0 Å². The van der Waals surface area contributed by atoms with Crippen LogP contribution in [0, 0.1) is 5.82 Å². The molecule has 2 N–H and O–H groups in total. The summed E-state index contributed by atoms with van der Waals surface area (Å²) in [4.78, 5) is 0. The molecule has 0 bridgehead atoms. The van der Waals surface area contributed by atoms with Gasteiger partial charge in [-0.3, -0.25) is 0 Å². The Morgan fingerprint density at radius 2 is 1.75 bits per heavy atom. The average molecular weight is 282 g/mol. The van der Waals surface area contributed by atoms with Gasteiger partial charge in [0.1, 0.15) is 11.6 Å². The highest BCUT2D eigenvalue weighted by atomic mass is 79.9. The van der Waals surface area contributed by atoms with Gasteiger partial charge in [0.2, 0.25) is 0 Å². The molecule has 2 aromatic carbocycles. The van der Waals surface area contributed by atoms with E-state index in [2.05, 4.69) is 15.9 Å². The molecule has 2 rings (SSSR count). The maximum absolute atomic E-state index is 13.1. The largest absolute Gasteiger partial charge is 0.455 e. The SMILES string of the molecule is Nc1c(Oc2ccccc2)ccc(F)c1Br. The van der Waals surface area contributed by atoms with Gasteiger partial charge >= 0.3 is 0 Å². The molecule has 0 aliphatic rings. The van der Waals surface area contributed by atoms with Crippen molar-refractivity contribution in [3.05, 3.63) is 52.8 Å². The first-order chi connectivity index (χ1) is 7.68. The summed E-state index contributed by atoms with van der Waals surface area (Å²) in [5, 5.41) is 0. The number of anilines is 1. The van der Waals surface area contributed by atoms with E-state index in [1.54, 1.807) is 12.1 Å². The maximum atomic E-state index is 13.1. The lowest BCUT2D eigenvalue weighted by molar-refractivity contribution is 0.482. The lowest BCUT2D eigenvalue weighted by Gasteiger charge is -2.09. The first-order valence-electron chi connectivity index (χ1n) is 4.65. The molecule has 0 unspecified atom stereocenters. The van der Waals surface area contributed by atoms with Crippen molar-refractivity contribution in [3.63, 3.8) is 0 Å². The van der Waals surface area contributed by atoms with Crippen molar-refractivity contribution in [3.8, 4) is 11.5 Å². The van der Waals surface area contributed by atoms with E-state index < -0.39 is 5.82 Å². The molecule has 0 fully saturated rings. The normalized spacial score (nSPS) is 10.1. The van der Waals surface area contributed by atoms with E-state index in [9.17, 15) is 4.39 Å². The van der Waals surface area contributed by atoms with E-state index in [0.717, 1.165) is 0 Å². The Labute approximate surface area is 101 Å². The fourth-order valence-corrected chi connectivity index (χ4v) is 1.58. The molecular formula is C12H9BrFNO. The molecule has 0 saturated carbocycles. The highest BCUT2D eigenvalue weighted by Gasteiger charge is 2.09. The Kier molecular flexibility index (Phi) is 3.10. The average Bonchev–Trinajstić information content (AvgIpc) is 2.31. The quantitative estimate of drug-likeness (QED) is 0.846. The highest BCUT2D eigenvalue weighted by Crippen LogP contribution is 2.34. The van der Waals surface area contributed by atoms with Crippen molar-refractivity contribution in [2.24, 2.45) is 0 Å². The maximum Gasteiger partial charge on any atom is 0.151 e. The summed E-state index contributed by atoms with van der Waals surface area (Å²) >= 11 is 3.06. The summed E-state index contributed by atoms with van der Waals surface area (Å²) in [6.45, 7) is 0. The van der Waals surface area contributed by atoms with E-state index in [-0.39, 0.29) is 10.2 Å². The zero-order chi connectivity index (χ0) is 11.5. The van der Waals surface area contributed by atoms with E-state index >= 15 is 0 Å². The van der Waals surface area contributed by atoms with Crippen LogP contribution in [0.5, 0.6) is 11.5 Å². The van der Waals surface area contributed by atoms with E-state index in [4.69, 9.17) is 10.5 Å². The number of para-hydroxylation sites is 1. The Balaban J connectivity index is 2.33. The van der Waals surface area contributed by atoms with Crippen LogP contribution >= 0.6 is 15.9 Å². The van der Waals surface area contributed by atoms with E-state index in [1.807, 2.05) is 18.2 Å². The van der Waals surface area contributed by atoms with Gasteiger partial charge in [-0.25, -0.2) is 4.39 Å². The first-order valence-corrected chi connectivity index (χ1v) is 5.44.